The summed E-state index contributed by atoms with van der Waals surface area (Å²) in [6.07, 6.45) is 1.59. The van der Waals surface area contributed by atoms with Crippen molar-refractivity contribution in [2.75, 3.05) is 0 Å². The quantitative estimate of drug-likeness (QED) is 0.809. The number of halogens is 1. The molecule has 0 aliphatic heterocycles. The first kappa shape index (κ1) is 11.1. The van der Waals surface area contributed by atoms with E-state index in [1.807, 2.05) is 37.3 Å². The van der Waals surface area contributed by atoms with Gasteiger partial charge in [-0.05, 0) is 34.5 Å². The van der Waals surface area contributed by atoms with Gasteiger partial charge < -0.3 is 0 Å². The molecule has 3 nitrogen and oxygen atoms in total. The minimum atomic E-state index is 0.631. The number of carbonyl (C=O) groups is 1. The molecule has 0 amide bonds. The Kier molecular flexibility index (Phi) is 3.19. The largest absolute Gasteiger partial charge is 0.298 e. The van der Waals surface area contributed by atoms with Gasteiger partial charge in [0, 0.05) is 0 Å². The van der Waals surface area contributed by atoms with Crippen LogP contribution in [0.2, 0.25) is 0 Å². The Morgan fingerprint density at radius 3 is 2.56 bits per heavy atom. The number of aryl methyl sites for hydroxylation is 1. The molecule has 1 aromatic heterocycles. The van der Waals surface area contributed by atoms with Crippen LogP contribution in [0, 0.1) is 0 Å². The zero-order valence-corrected chi connectivity index (χ0v) is 10.4. The summed E-state index contributed by atoms with van der Waals surface area (Å²) in [5, 5.41) is 4.41. The van der Waals surface area contributed by atoms with Crippen LogP contribution < -0.4 is 0 Å². The molecule has 4 heteroatoms. The number of carbonyl (C=O) groups excluding carboxylic acids is 1. The van der Waals surface area contributed by atoms with Gasteiger partial charge in [0.2, 0.25) is 0 Å². The van der Waals surface area contributed by atoms with Gasteiger partial charge in [0.25, 0.3) is 0 Å². The molecular weight excluding hydrogens is 268 g/mol. The number of hydrogen-bond donors (Lipinski definition) is 0. The fraction of sp³-hybridized carbons (Fsp3) is 0.167. The Bertz CT molecular complexity index is 505. The number of nitrogens with zero attached hydrogens (tertiary/aromatic N) is 2. The standard InChI is InChI=1S/C12H11BrN2O/c1-2-11-10(8-16)12(13)15(14-11)9-6-4-3-5-7-9/h3-8H,2H2,1H3. The molecule has 0 fully saturated rings. The van der Waals surface area contributed by atoms with Gasteiger partial charge >= 0.3 is 0 Å². The zero-order chi connectivity index (χ0) is 11.5. The van der Waals surface area contributed by atoms with Crippen molar-refractivity contribution in [2.24, 2.45) is 0 Å². The second kappa shape index (κ2) is 4.61. The topological polar surface area (TPSA) is 34.9 Å². The molecule has 1 aromatic carbocycles. The van der Waals surface area contributed by atoms with Gasteiger partial charge in [-0.1, -0.05) is 25.1 Å². The van der Waals surface area contributed by atoms with Crippen LogP contribution in [0.25, 0.3) is 5.69 Å². The summed E-state index contributed by atoms with van der Waals surface area (Å²) in [7, 11) is 0. The highest BCUT2D eigenvalue weighted by Gasteiger charge is 2.14. The average molecular weight is 279 g/mol. The molecule has 0 radical (unpaired) electrons. The van der Waals surface area contributed by atoms with E-state index in [0.717, 1.165) is 24.1 Å². The van der Waals surface area contributed by atoms with Crippen molar-refractivity contribution >= 4 is 22.2 Å². The van der Waals surface area contributed by atoms with Crippen LogP contribution in [0.5, 0.6) is 0 Å². The molecule has 0 aliphatic carbocycles. The first-order valence-electron chi connectivity index (χ1n) is 5.06. The Hall–Kier alpha value is -1.42. The SMILES string of the molecule is CCc1nn(-c2ccccc2)c(Br)c1C=O. The van der Waals surface area contributed by atoms with E-state index in [9.17, 15) is 4.79 Å². The highest BCUT2D eigenvalue weighted by atomic mass is 79.9. The third-order valence-electron chi connectivity index (χ3n) is 2.39. The summed E-state index contributed by atoms with van der Waals surface area (Å²) in [5.41, 5.74) is 2.38. The fourth-order valence-corrected chi connectivity index (χ4v) is 2.18. The highest BCUT2D eigenvalue weighted by molar-refractivity contribution is 9.10. The normalized spacial score (nSPS) is 10.4. The number of hydrogen-bond acceptors (Lipinski definition) is 2. The van der Waals surface area contributed by atoms with Crippen molar-refractivity contribution in [3.05, 3.63) is 46.2 Å². The van der Waals surface area contributed by atoms with Crippen molar-refractivity contribution in [1.82, 2.24) is 9.78 Å². The van der Waals surface area contributed by atoms with Crippen molar-refractivity contribution < 1.29 is 4.79 Å². The summed E-state index contributed by atoms with van der Waals surface area (Å²) in [6, 6.07) is 9.73. The smallest absolute Gasteiger partial charge is 0.154 e. The monoisotopic (exact) mass is 278 g/mol. The Morgan fingerprint density at radius 1 is 1.38 bits per heavy atom. The lowest BCUT2D eigenvalue weighted by Crippen LogP contribution is -1.96. The third kappa shape index (κ3) is 1.80. The third-order valence-corrected chi connectivity index (χ3v) is 3.16. The van der Waals surface area contributed by atoms with Gasteiger partial charge in [-0.25, -0.2) is 4.68 Å². The molecule has 1 heterocycles. The minimum Gasteiger partial charge on any atom is -0.298 e. The van der Waals surface area contributed by atoms with Crippen molar-refractivity contribution in [3.8, 4) is 5.69 Å². The maximum Gasteiger partial charge on any atom is 0.154 e. The number of aldehydes is 1. The zero-order valence-electron chi connectivity index (χ0n) is 8.85. The Balaban J connectivity index is 2.59. The van der Waals surface area contributed by atoms with Crippen LogP contribution in [0.1, 0.15) is 23.0 Å². The van der Waals surface area contributed by atoms with Gasteiger partial charge in [0.05, 0.1) is 16.9 Å². The molecule has 2 aromatic rings. The maximum absolute atomic E-state index is 11.0. The van der Waals surface area contributed by atoms with E-state index in [0.29, 0.717) is 10.2 Å². The van der Waals surface area contributed by atoms with Gasteiger partial charge in [0.1, 0.15) is 4.60 Å². The van der Waals surface area contributed by atoms with Crippen molar-refractivity contribution in [3.63, 3.8) is 0 Å². The molecule has 0 unspecified atom stereocenters. The van der Waals surface area contributed by atoms with E-state index in [4.69, 9.17) is 0 Å². The molecule has 0 aliphatic rings. The van der Waals surface area contributed by atoms with E-state index < -0.39 is 0 Å². The molecule has 16 heavy (non-hydrogen) atoms. The number of benzene rings is 1. The van der Waals surface area contributed by atoms with Crippen LogP contribution in [0.15, 0.2) is 34.9 Å². The second-order valence-corrected chi connectivity index (χ2v) is 4.12. The van der Waals surface area contributed by atoms with Gasteiger partial charge in [-0.3, -0.25) is 4.79 Å². The lowest BCUT2D eigenvalue weighted by Gasteiger charge is -2.01. The number of rotatable bonds is 3. The molecule has 0 saturated heterocycles. The van der Waals surface area contributed by atoms with E-state index in [1.54, 1.807) is 4.68 Å². The summed E-state index contributed by atoms with van der Waals surface area (Å²) in [5.74, 6) is 0. The second-order valence-electron chi connectivity index (χ2n) is 3.37. The van der Waals surface area contributed by atoms with Gasteiger partial charge in [-0.15, -0.1) is 0 Å². The average Bonchev–Trinajstić information content (AvgIpc) is 2.66. The van der Waals surface area contributed by atoms with E-state index in [1.165, 1.54) is 0 Å². The highest BCUT2D eigenvalue weighted by Crippen LogP contribution is 2.23. The van der Waals surface area contributed by atoms with E-state index >= 15 is 0 Å². The number of para-hydroxylation sites is 1. The lowest BCUT2D eigenvalue weighted by atomic mass is 10.2. The molecular formula is C12H11BrN2O. The van der Waals surface area contributed by atoms with Gasteiger partial charge in [-0.2, -0.15) is 5.10 Å². The summed E-state index contributed by atoms with van der Waals surface area (Å²) >= 11 is 3.41. The van der Waals surface area contributed by atoms with Crippen LogP contribution in [-0.4, -0.2) is 16.1 Å². The van der Waals surface area contributed by atoms with Crippen molar-refractivity contribution in [2.45, 2.75) is 13.3 Å². The first-order valence-corrected chi connectivity index (χ1v) is 5.85. The van der Waals surface area contributed by atoms with Crippen LogP contribution in [0.4, 0.5) is 0 Å². The molecule has 82 valence electrons. The molecule has 2 rings (SSSR count). The lowest BCUT2D eigenvalue weighted by molar-refractivity contribution is 0.112. The maximum atomic E-state index is 11.0. The molecule has 0 saturated carbocycles. The first-order chi connectivity index (χ1) is 7.77. The van der Waals surface area contributed by atoms with Crippen LogP contribution in [-0.2, 0) is 6.42 Å². The summed E-state index contributed by atoms with van der Waals surface area (Å²) < 4.78 is 2.45. The van der Waals surface area contributed by atoms with E-state index in [2.05, 4.69) is 21.0 Å². The molecule has 0 atom stereocenters. The van der Waals surface area contributed by atoms with Gasteiger partial charge in [0.15, 0.2) is 6.29 Å². The number of aromatic nitrogens is 2. The van der Waals surface area contributed by atoms with Crippen LogP contribution >= 0.6 is 15.9 Å². The Labute approximate surface area is 102 Å². The Morgan fingerprint density at radius 2 is 2.06 bits per heavy atom. The fourth-order valence-electron chi connectivity index (χ4n) is 1.57. The van der Waals surface area contributed by atoms with E-state index in [-0.39, 0.29) is 0 Å². The predicted molar refractivity (Wildman–Crippen MR) is 66.0 cm³/mol. The summed E-state index contributed by atoms with van der Waals surface area (Å²) in [4.78, 5) is 11.0. The molecule has 0 spiro atoms. The molecule has 0 bridgehead atoms. The molecule has 0 N–H and O–H groups in total. The van der Waals surface area contributed by atoms with Crippen molar-refractivity contribution in [1.29, 1.82) is 0 Å². The minimum absolute atomic E-state index is 0.631. The summed E-state index contributed by atoms with van der Waals surface area (Å²) in [6.45, 7) is 1.98. The van der Waals surface area contributed by atoms with Crippen LogP contribution in [0.3, 0.4) is 0 Å². The predicted octanol–water partition coefficient (Wildman–Crippen LogP) is 3.01.